The number of hydrogen-bond acceptors (Lipinski definition) is 1. The number of allylic oxidation sites excluding steroid dienone is 1. The molecule has 0 aromatic carbocycles. The maximum Gasteiger partial charge on any atom is 0.109 e. The number of hydrogen-bond donors (Lipinski definition) is 0. The van der Waals surface area contributed by atoms with Gasteiger partial charge in [-0.3, -0.25) is 4.99 Å². The van der Waals surface area contributed by atoms with Crippen LogP contribution in [0.1, 0.15) is 6.42 Å². The van der Waals surface area contributed by atoms with Gasteiger partial charge in [0.25, 0.3) is 0 Å². The Bertz CT molecular complexity index is 103. The highest BCUT2D eigenvalue weighted by Gasteiger charge is 1.62. The zero-order valence-corrected chi connectivity index (χ0v) is 5.04. The van der Waals surface area contributed by atoms with Crippen LogP contribution in [0, 0.1) is 0 Å². The van der Waals surface area contributed by atoms with Gasteiger partial charge in [0.1, 0.15) is 6.34 Å². The highest BCUT2D eigenvalue weighted by atomic mass is 14.8. The van der Waals surface area contributed by atoms with Crippen molar-refractivity contribution in [2.24, 2.45) is 9.98 Å². The molecule has 0 aliphatic rings. The fourth-order valence-corrected chi connectivity index (χ4v) is 0.249. The predicted molar refractivity (Wildman–Crippen MR) is 37.7 cm³/mol. The topological polar surface area (TPSA) is 24.7 Å². The highest BCUT2D eigenvalue weighted by molar-refractivity contribution is 5.72. The van der Waals surface area contributed by atoms with Gasteiger partial charge in [0, 0.05) is 19.7 Å². The predicted octanol–water partition coefficient (Wildman–Crippen LogP) is 1.29. The molecule has 8 heavy (non-hydrogen) atoms. The molecule has 0 amide bonds. The summed E-state index contributed by atoms with van der Waals surface area (Å²) >= 11 is 0. The molecule has 0 unspecified atom stereocenters. The molecule has 0 fully saturated rings. The van der Waals surface area contributed by atoms with Crippen LogP contribution in [0.4, 0.5) is 0 Å². The van der Waals surface area contributed by atoms with Crippen molar-refractivity contribution >= 4 is 12.6 Å². The third-order valence-electron chi connectivity index (χ3n) is 0.560. The van der Waals surface area contributed by atoms with Crippen LogP contribution >= 0.6 is 0 Å². The molecule has 0 aliphatic heterocycles. The Hall–Kier alpha value is -0.920. The Balaban J connectivity index is 3.19. The van der Waals surface area contributed by atoms with Crippen molar-refractivity contribution in [1.82, 2.24) is 0 Å². The van der Waals surface area contributed by atoms with Crippen molar-refractivity contribution in [3.05, 3.63) is 12.7 Å². The van der Waals surface area contributed by atoms with Crippen molar-refractivity contribution in [1.29, 1.82) is 0 Å². The molecule has 0 aromatic rings. The van der Waals surface area contributed by atoms with Crippen LogP contribution in [-0.2, 0) is 0 Å². The van der Waals surface area contributed by atoms with E-state index in [1.807, 2.05) is 0 Å². The first-order chi connectivity index (χ1) is 3.91. The van der Waals surface area contributed by atoms with Gasteiger partial charge < -0.3 is 0 Å². The summed E-state index contributed by atoms with van der Waals surface area (Å²) in [6.45, 7) is 3.52. The first kappa shape index (κ1) is 7.08. The van der Waals surface area contributed by atoms with Crippen LogP contribution < -0.4 is 0 Å². The Kier molecular flexibility index (Phi) is 5.38. The van der Waals surface area contributed by atoms with Crippen molar-refractivity contribution in [3.63, 3.8) is 0 Å². The lowest BCUT2D eigenvalue weighted by atomic mass is 10.5. The number of rotatable bonds is 3. The Morgan fingerprint density at radius 2 is 2.38 bits per heavy atom. The number of aliphatic imine (C=N–C) groups is 2. The van der Waals surface area contributed by atoms with E-state index >= 15 is 0 Å². The van der Waals surface area contributed by atoms with Crippen molar-refractivity contribution in [3.8, 4) is 0 Å². The van der Waals surface area contributed by atoms with E-state index in [0.717, 1.165) is 6.42 Å². The average Bonchev–Trinajstić information content (AvgIpc) is 1.81. The van der Waals surface area contributed by atoms with Crippen LogP contribution in [0.15, 0.2) is 22.6 Å². The average molecular weight is 110 g/mol. The molecule has 0 heterocycles. The normalized spacial score (nSPS) is 11.1. The van der Waals surface area contributed by atoms with Crippen LogP contribution in [0.3, 0.4) is 0 Å². The van der Waals surface area contributed by atoms with Gasteiger partial charge >= 0.3 is 0 Å². The molecule has 0 N–H and O–H groups in total. The van der Waals surface area contributed by atoms with Crippen LogP contribution in [0.2, 0.25) is 0 Å². The van der Waals surface area contributed by atoms with Gasteiger partial charge in [0.15, 0.2) is 0 Å². The molecule has 0 atom stereocenters. The summed E-state index contributed by atoms with van der Waals surface area (Å²) < 4.78 is 0. The van der Waals surface area contributed by atoms with E-state index in [4.69, 9.17) is 0 Å². The first-order valence-corrected chi connectivity index (χ1v) is 2.45. The van der Waals surface area contributed by atoms with Gasteiger partial charge in [0.2, 0.25) is 0 Å². The molecule has 0 aliphatic carbocycles. The van der Waals surface area contributed by atoms with Crippen LogP contribution in [0.5, 0.6) is 0 Å². The van der Waals surface area contributed by atoms with Gasteiger partial charge in [-0.25, -0.2) is 4.99 Å². The lowest BCUT2D eigenvalue weighted by Crippen LogP contribution is -1.69. The highest BCUT2D eigenvalue weighted by Crippen LogP contribution is 1.70. The Morgan fingerprint density at radius 3 is 2.88 bits per heavy atom. The van der Waals surface area contributed by atoms with E-state index in [2.05, 4.69) is 16.6 Å². The zero-order valence-electron chi connectivity index (χ0n) is 5.04. The molecule has 0 radical (unpaired) electrons. The van der Waals surface area contributed by atoms with Gasteiger partial charge in [-0.15, -0.1) is 6.58 Å². The van der Waals surface area contributed by atoms with Gasteiger partial charge in [0.05, 0.1) is 0 Å². The van der Waals surface area contributed by atoms with Crippen molar-refractivity contribution in [2.75, 3.05) is 7.05 Å². The number of nitrogens with zero attached hydrogens (tertiary/aromatic N) is 2. The second-order valence-electron chi connectivity index (χ2n) is 1.23. The van der Waals surface area contributed by atoms with E-state index in [9.17, 15) is 0 Å². The summed E-state index contributed by atoms with van der Waals surface area (Å²) in [4.78, 5) is 7.44. The standard InChI is InChI=1S/C6H10N2/c1-3-4-5-8-6-7-2/h3,5-6H,1,4H2,2H3/b7-6-,8-5-. The summed E-state index contributed by atoms with van der Waals surface area (Å²) in [6, 6.07) is 0. The maximum atomic E-state index is 3.79. The molecule has 0 spiro atoms. The Morgan fingerprint density at radius 1 is 1.62 bits per heavy atom. The summed E-state index contributed by atoms with van der Waals surface area (Å²) in [5.41, 5.74) is 0. The van der Waals surface area contributed by atoms with E-state index in [0.29, 0.717) is 0 Å². The molecule has 0 bridgehead atoms. The third kappa shape index (κ3) is 5.08. The lowest BCUT2D eigenvalue weighted by Gasteiger charge is -1.73. The smallest absolute Gasteiger partial charge is 0.109 e. The summed E-state index contributed by atoms with van der Waals surface area (Å²) in [6.07, 6.45) is 5.85. The molecule has 0 saturated heterocycles. The monoisotopic (exact) mass is 110 g/mol. The molecular formula is C6H10N2. The first-order valence-electron chi connectivity index (χ1n) is 2.45. The second-order valence-corrected chi connectivity index (χ2v) is 1.23. The third-order valence-corrected chi connectivity index (χ3v) is 0.560. The molecule has 0 saturated carbocycles. The molecular weight excluding hydrogens is 100 g/mol. The largest absolute Gasteiger partial charge is 0.277 e. The van der Waals surface area contributed by atoms with E-state index in [1.54, 1.807) is 19.3 Å². The Labute approximate surface area is 49.7 Å². The molecule has 0 rings (SSSR count). The second kappa shape index (κ2) is 6.08. The summed E-state index contributed by atoms with van der Waals surface area (Å²) in [5, 5.41) is 0. The maximum absolute atomic E-state index is 3.79. The van der Waals surface area contributed by atoms with Crippen molar-refractivity contribution in [2.45, 2.75) is 6.42 Å². The summed E-state index contributed by atoms with van der Waals surface area (Å²) in [7, 11) is 1.69. The summed E-state index contributed by atoms with van der Waals surface area (Å²) in [5.74, 6) is 0. The van der Waals surface area contributed by atoms with E-state index in [1.165, 1.54) is 6.34 Å². The fourth-order valence-electron chi connectivity index (χ4n) is 0.249. The van der Waals surface area contributed by atoms with E-state index < -0.39 is 0 Å². The lowest BCUT2D eigenvalue weighted by molar-refractivity contribution is 1.44. The zero-order chi connectivity index (χ0) is 6.24. The minimum atomic E-state index is 0.812. The van der Waals surface area contributed by atoms with Crippen LogP contribution in [0.25, 0.3) is 0 Å². The SMILES string of the molecule is C=CC/C=N\C=N/C. The van der Waals surface area contributed by atoms with Gasteiger partial charge in [-0.1, -0.05) is 6.08 Å². The van der Waals surface area contributed by atoms with Crippen LogP contribution in [-0.4, -0.2) is 19.6 Å². The minimum Gasteiger partial charge on any atom is -0.277 e. The van der Waals surface area contributed by atoms with Crippen molar-refractivity contribution < 1.29 is 0 Å². The minimum absolute atomic E-state index is 0.812. The molecule has 2 heteroatoms. The molecule has 2 nitrogen and oxygen atoms in total. The molecule has 44 valence electrons. The van der Waals surface area contributed by atoms with Gasteiger partial charge in [-0.05, 0) is 0 Å². The quantitative estimate of drug-likeness (QED) is 0.297. The fraction of sp³-hybridized carbons (Fsp3) is 0.333. The molecule has 0 aromatic heterocycles. The van der Waals surface area contributed by atoms with E-state index in [-0.39, 0.29) is 0 Å². The van der Waals surface area contributed by atoms with Gasteiger partial charge in [-0.2, -0.15) is 0 Å².